The number of hydrogen-bond donors (Lipinski definition) is 1. The van der Waals surface area contributed by atoms with Crippen LogP contribution in [0.1, 0.15) is 38.2 Å². The summed E-state index contributed by atoms with van der Waals surface area (Å²) in [6.07, 6.45) is 5.48. The van der Waals surface area contributed by atoms with Gasteiger partial charge in [0.2, 0.25) is 0 Å². The maximum absolute atomic E-state index is 6.04. The maximum Gasteiger partial charge on any atom is 0.126 e. The van der Waals surface area contributed by atoms with Gasteiger partial charge in [0.1, 0.15) is 5.75 Å². The van der Waals surface area contributed by atoms with Crippen LogP contribution in [0.5, 0.6) is 5.75 Å². The van der Waals surface area contributed by atoms with Gasteiger partial charge in [-0.25, -0.2) is 0 Å². The molecule has 0 bridgehead atoms. The van der Waals surface area contributed by atoms with Crippen LogP contribution >= 0.6 is 0 Å². The Balaban J connectivity index is 1.97. The fraction of sp³-hybridized carbons (Fsp3) is 0.600. The fourth-order valence-corrected chi connectivity index (χ4v) is 2.61. The Hall–Kier alpha value is -1.22. The SMILES string of the molecule is COc1cc(N)ccc1COC1CCCCC1C. The van der Waals surface area contributed by atoms with Crippen molar-refractivity contribution in [3.8, 4) is 5.75 Å². The zero-order valence-corrected chi connectivity index (χ0v) is 11.3. The van der Waals surface area contributed by atoms with Crippen molar-refractivity contribution in [2.75, 3.05) is 12.8 Å². The van der Waals surface area contributed by atoms with Crippen LogP contribution in [0.4, 0.5) is 5.69 Å². The van der Waals surface area contributed by atoms with Gasteiger partial charge in [-0.05, 0) is 24.8 Å². The standard InChI is InChI=1S/C15H23NO2/c1-11-5-3-4-6-14(11)18-10-12-7-8-13(16)9-15(12)17-2/h7-9,11,14H,3-6,10,16H2,1-2H3. The number of hydrogen-bond acceptors (Lipinski definition) is 3. The Bertz CT molecular complexity index is 392. The summed E-state index contributed by atoms with van der Waals surface area (Å²) in [5, 5.41) is 0. The maximum atomic E-state index is 6.04. The lowest BCUT2D eigenvalue weighted by molar-refractivity contribution is -0.0160. The topological polar surface area (TPSA) is 44.5 Å². The van der Waals surface area contributed by atoms with Crippen molar-refractivity contribution >= 4 is 5.69 Å². The average molecular weight is 249 g/mol. The van der Waals surface area contributed by atoms with Gasteiger partial charge in [-0.3, -0.25) is 0 Å². The highest BCUT2D eigenvalue weighted by Crippen LogP contribution is 2.29. The average Bonchev–Trinajstić information content (AvgIpc) is 2.39. The Labute approximate surface area is 109 Å². The summed E-state index contributed by atoms with van der Waals surface area (Å²) in [6, 6.07) is 5.73. The Morgan fingerprint density at radius 3 is 2.78 bits per heavy atom. The molecule has 2 atom stereocenters. The van der Waals surface area contributed by atoms with Gasteiger partial charge in [-0.2, -0.15) is 0 Å². The molecular formula is C15H23NO2. The first-order chi connectivity index (χ1) is 8.70. The molecule has 1 fully saturated rings. The number of nitrogens with two attached hydrogens (primary N) is 1. The lowest BCUT2D eigenvalue weighted by atomic mass is 9.88. The van der Waals surface area contributed by atoms with Crippen molar-refractivity contribution in [1.82, 2.24) is 0 Å². The molecule has 1 aliphatic rings. The molecule has 0 spiro atoms. The molecule has 0 heterocycles. The zero-order valence-electron chi connectivity index (χ0n) is 11.3. The van der Waals surface area contributed by atoms with Crippen LogP contribution in [0.2, 0.25) is 0 Å². The summed E-state index contributed by atoms with van der Waals surface area (Å²) in [6.45, 7) is 2.89. The van der Waals surface area contributed by atoms with E-state index in [4.69, 9.17) is 15.2 Å². The lowest BCUT2D eigenvalue weighted by Gasteiger charge is -2.29. The van der Waals surface area contributed by atoms with Crippen molar-refractivity contribution in [3.63, 3.8) is 0 Å². The van der Waals surface area contributed by atoms with Crippen molar-refractivity contribution in [3.05, 3.63) is 23.8 Å². The molecule has 18 heavy (non-hydrogen) atoms. The number of ether oxygens (including phenoxy) is 2. The summed E-state index contributed by atoms with van der Waals surface area (Å²) in [7, 11) is 1.67. The first-order valence-electron chi connectivity index (χ1n) is 6.74. The largest absolute Gasteiger partial charge is 0.496 e. The molecule has 0 aliphatic heterocycles. The summed E-state index contributed by atoms with van der Waals surface area (Å²) in [4.78, 5) is 0. The minimum atomic E-state index is 0.390. The number of methoxy groups -OCH3 is 1. The predicted molar refractivity (Wildman–Crippen MR) is 73.6 cm³/mol. The van der Waals surface area contributed by atoms with Crippen molar-refractivity contribution < 1.29 is 9.47 Å². The molecule has 3 heteroatoms. The van der Waals surface area contributed by atoms with Crippen LogP contribution < -0.4 is 10.5 Å². The molecule has 1 aliphatic carbocycles. The Morgan fingerprint density at radius 1 is 1.28 bits per heavy atom. The highest BCUT2D eigenvalue weighted by molar-refractivity contribution is 5.48. The van der Waals surface area contributed by atoms with E-state index < -0.39 is 0 Å². The molecule has 1 aromatic carbocycles. The third-order valence-electron chi connectivity index (χ3n) is 3.80. The van der Waals surface area contributed by atoms with E-state index in [1.807, 2.05) is 18.2 Å². The van der Waals surface area contributed by atoms with E-state index >= 15 is 0 Å². The Kier molecular flexibility index (Phi) is 4.48. The zero-order chi connectivity index (χ0) is 13.0. The van der Waals surface area contributed by atoms with E-state index in [2.05, 4.69) is 6.92 Å². The molecular weight excluding hydrogens is 226 g/mol. The molecule has 1 aromatic rings. The minimum Gasteiger partial charge on any atom is -0.496 e. The first kappa shape index (κ1) is 13.2. The molecule has 0 saturated heterocycles. The Morgan fingerprint density at radius 2 is 2.06 bits per heavy atom. The third kappa shape index (κ3) is 3.16. The molecule has 0 radical (unpaired) electrons. The number of nitrogen functional groups attached to an aromatic ring is 1. The second-order valence-corrected chi connectivity index (χ2v) is 5.18. The van der Waals surface area contributed by atoms with Gasteiger partial charge in [-0.1, -0.05) is 25.8 Å². The van der Waals surface area contributed by atoms with Gasteiger partial charge >= 0.3 is 0 Å². The van der Waals surface area contributed by atoms with Crippen molar-refractivity contribution in [1.29, 1.82) is 0 Å². The van der Waals surface area contributed by atoms with Gasteiger partial charge < -0.3 is 15.2 Å². The second-order valence-electron chi connectivity index (χ2n) is 5.18. The number of rotatable bonds is 4. The molecule has 2 N–H and O–H groups in total. The molecule has 1 saturated carbocycles. The molecule has 0 amide bonds. The molecule has 2 rings (SSSR count). The van der Waals surface area contributed by atoms with Gasteiger partial charge in [0.05, 0.1) is 19.8 Å². The second kappa shape index (κ2) is 6.10. The fourth-order valence-electron chi connectivity index (χ4n) is 2.61. The molecule has 3 nitrogen and oxygen atoms in total. The van der Waals surface area contributed by atoms with Gasteiger partial charge in [0.15, 0.2) is 0 Å². The van der Waals surface area contributed by atoms with E-state index in [9.17, 15) is 0 Å². The van der Waals surface area contributed by atoms with Gasteiger partial charge in [-0.15, -0.1) is 0 Å². The van der Waals surface area contributed by atoms with Crippen LogP contribution in [0.3, 0.4) is 0 Å². The van der Waals surface area contributed by atoms with E-state index in [0.717, 1.165) is 17.0 Å². The van der Waals surface area contributed by atoms with E-state index in [-0.39, 0.29) is 0 Å². The highest BCUT2D eigenvalue weighted by Gasteiger charge is 2.22. The quantitative estimate of drug-likeness (QED) is 0.832. The van der Waals surface area contributed by atoms with Crippen LogP contribution in [0.25, 0.3) is 0 Å². The van der Waals surface area contributed by atoms with Gasteiger partial charge in [0.25, 0.3) is 0 Å². The van der Waals surface area contributed by atoms with Crippen LogP contribution in [-0.2, 0) is 11.3 Å². The smallest absolute Gasteiger partial charge is 0.126 e. The summed E-state index contributed by atoms with van der Waals surface area (Å²) in [5.41, 5.74) is 7.54. The van der Waals surface area contributed by atoms with E-state index in [1.165, 1.54) is 25.7 Å². The number of benzene rings is 1. The normalized spacial score (nSPS) is 23.9. The summed E-state index contributed by atoms with van der Waals surface area (Å²) in [5.74, 6) is 1.48. The molecule has 2 unspecified atom stereocenters. The monoisotopic (exact) mass is 249 g/mol. The van der Waals surface area contributed by atoms with Crippen LogP contribution in [0, 0.1) is 5.92 Å². The van der Waals surface area contributed by atoms with Crippen LogP contribution in [0.15, 0.2) is 18.2 Å². The molecule has 0 aromatic heterocycles. The van der Waals surface area contributed by atoms with Crippen LogP contribution in [-0.4, -0.2) is 13.2 Å². The summed E-state index contributed by atoms with van der Waals surface area (Å²) < 4.78 is 11.4. The third-order valence-corrected chi connectivity index (χ3v) is 3.80. The number of anilines is 1. The predicted octanol–water partition coefficient (Wildman–Crippen LogP) is 3.37. The van der Waals surface area contributed by atoms with Gasteiger partial charge in [0, 0.05) is 17.3 Å². The van der Waals surface area contributed by atoms with Crippen molar-refractivity contribution in [2.24, 2.45) is 5.92 Å². The highest BCUT2D eigenvalue weighted by atomic mass is 16.5. The lowest BCUT2D eigenvalue weighted by Crippen LogP contribution is -2.25. The van der Waals surface area contributed by atoms with Crippen molar-refractivity contribution in [2.45, 2.75) is 45.3 Å². The van der Waals surface area contributed by atoms with E-state index in [1.54, 1.807) is 7.11 Å². The minimum absolute atomic E-state index is 0.390. The molecule has 100 valence electrons. The first-order valence-corrected chi connectivity index (χ1v) is 6.74. The summed E-state index contributed by atoms with van der Waals surface area (Å²) >= 11 is 0. The van der Waals surface area contributed by atoms with E-state index in [0.29, 0.717) is 18.6 Å².